The number of hydrogen-bond donors (Lipinski definition) is 1. The maximum Gasteiger partial charge on any atom is 0.382 e. The molecule has 1 saturated heterocycles. The topological polar surface area (TPSA) is 57.6 Å². The molecule has 1 aromatic rings. The number of carbonyl (C=O) groups is 2. The van der Waals surface area contributed by atoms with Crippen molar-refractivity contribution in [3.05, 3.63) is 35.4 Å². The fourth-order valence-corrected chi connectivity index (χ4v) is 2.77. The van der Waals surface area contributed by atoms with Gasteiger partial charge in [-0.3, -0.25) is 4.79 Å². The Morgan fingerprint density at radius 3 is 2.65 bits per heavy atom. The van der Waals surface area contributed by atoms with Crippen molar-refractivity contribution in [1.29, 1.82) is 0 Å². The first-order valence-electron chi connectivity index (χ1n) is 8.24. The monoisotopic (exact) mass is 315 g/mol. The molecule has 1 unspecified atom stereocenters. The van der Waals surface area contributed by atoms with Crippen LogP contribution in [0.3, 0.4) is 0 Å². The molecule has 0 aromatic heterocycles. The summed E-state index contributed by atoms with van der Waals surface area (Å²) in [6.45, 7) is 6.70. The average Bonchev–Trinajstić information content (AvgIpc) is 3.03. The van der Waals surface area contributed by atoms with Crippen LogP contribution in [0.25, 0.3) is 0 Å². The van der Waals surface area contributed by atoms with Crippen molar-refractivity contribution in [3.8, 4) is 11.8 Å². The number of likely N-dealkylation sites (tertiary alicyclic amines) is 1. The van der Waals surface area contributed by atoms with Crippen molar-refractivity contribution in [2.75, 3.05) is 6.54 Å². The highest BCUT2D eigenvalue weighted by Gasteiger charge is 2.28. The number of carboxylic acid groups (broad SMARTS) is 1. The Kier molecular flexibility index (Phi) is 7.90. The van der Waals surface area contributed by atoms with Crippen molar-refractivity contribution < 1.29 is 14.7 Å². The van der Waals surface area contributed by atoms with Crippen LogP contribution in [0.1, 0.15) is 51.2 Å². The van der Waals surface area contributed by atoms with Gasteiger partial charge in [0.15, 0.2) is 0 Å². The fraction of sp³-hybridized carbons (Fsp3) is 0.474. The predicted octanol–water partition coefficient (Wildman–Crippen LogP) is 3.09. The van der Waals surface area contributed by atoms with Crippen molar-refractivity contribution >= 4 is 11.9 Å². The van der Waals surface area contributed by atoms with Gasteiger partial charge in [-0.05, 0) is 30.9 Å². The number of benzene rings is 1. The maximum atomic E-state index is 11.9. The number of carboxylic acids is 1. The van der Waals surface area contributed by atoms with E-state index in [1.165, 1.54) is 0 Å². The van der Waals surface area contributed by atoms with Crippen molar-refractivity contribution in [3.63, 3.8) is 0 Å². The lowest BCUT2D eigenvalue weighted by Gasteiger charge is -2.24. The van der Waals surface area contributed by atoms with E-state index in [2.05, 4.69) is 11.8 Å². The van der Waals surface area contributed by atoms with E-state index in [1.54, 1.807) is 0 Å². The number of aliphatic carboxylic acids is 1. The van der Waals surface area contributed by atoms with Gasteiger partial charge in [-0.15, -0.1) is 0 Å². The Morgan fingerprint density at radius 2 is 2.00 bits per heavy atom. The van der Waals surface area contributed by atoms with Crippen LogP contribution in [-0.2, 0) is 16.0 Å². The molecule has 1 aliphatic heterocycles. The van der Waals surface area contributed by atoms with E-state index in [-0.39, 0.29) is 11.9 Å². The lowest BCUT2D eigenvalue weighted by atomic mass is 9.99. The Labute approximate surface area is 138 Å². The van der Waals surface area contributed by atoms with Crippen molar-refractivity contribution in [2.24, 2.45) is 0 Å². The molecule has 0 radical (unpaired) electrons. The van der Waals surface area contributed by atoms with Crippen LogP contribution >= 0.6 is 0 Å². The summed E-state index contributed by atoms with van der Waals surface area (Å²) in [5, 5.41) is 8.67. The molecule has 1 fully saturated rings. The lowest BCUT2D eigenvalue weighted by Crippen LogP contribution is -2.36. The van der Waals surface area contributed by atoms with Crippen LogP contribution in [0.15, 0.2) is 24.3 Å². The zero-order valence-corrected chi connectivity index (χ0v) is 14.1. The first-order valence-corrected chi connectivity index (χ1v) is 8.24. The molecular formula is C19H25NO3. The van der Waals surface area contributed by atoms with Gasteiger partial charge in [0.05, 0.1) is 0 Å². The molecule has 1 heterocycles. The first-order chi connectivity index (χ1) is 11.1. The Balaban J connectivity index is 0.00000127. The van der Waals surface area contributed by atoms with Gasteiger partial charge in [0.1, 0.15) is 0 Å². The zero-order chi connectivity index (χ0) is 17.2. The second-order valence-corrected chi connectivity index (χ2v) is 5.15. The minimum absolute atomic E-state index is 0.187. The third kappa shape index (κ3) is 5.45. The Hall–Kier alpha value is -2.28. The highest BCUT2D eigenvalue weighted by Crippen LogP contribution is 2.23. The molecular weight excluding hydrogens is 290 g/mol. The summed E-state index contributed by atoms with van der Waals surface area (Å²) < 4.78 is 0. The van der Waals surface area contributed by atoms with Crippen LogP contribution in [0.5, 0.6) is 0 Å². The Morgan fingerprint density at radius 1 is 1.30 bits per heavy atom. The van der Waals surface area contributed by atoms with Gasteiger partial charge in [0, 0.05) is 30.5 Å². The van der Waals surface area contributed by atoms with Crippen LogP contribution < -0.4 is 0 Å². The SMILES string of the molecule is CC.CCC(=O)N1CCCC1Cc1ccccc1C#CC(=O)O. The van der Waals surface area contributed by atoms with Crippen LogP contribution in [0.2, 0.25) is 0 Å². The second-order valence-electron chi connectivity index (χ2n) is 5.15. The quantitative estimate of drug-likeness (QED) is 0.872. The van der Waals surface area contributed by atoms with E-state index < -0.39 is 5.97 Å². The molecule has 1 atom stereocenters. The molecule has 1 N–H and O–H groups in total. The zero-order valence-electron chi connectivity index (χ0n) is 14.1. The number of rotatable bonds is 3. The van der Waals surface area contributed by atoms with E-state index >= 15 is 0 Å². The number of carbonyl (C=O) groups excluding carboxylic acids is 1. The standard InChI is InChI=1S/C17H19NO3.C2H6/c1-2-16(19)18-11-5-8-15(18)12-14-7-4-3-6-13(14)9-10-17(20)21;1-2/h3-4,6-7,15H,2,5,8,11-12H2,1H3,(H,20,21);1-2H3. The van der Waals surface area contributed by atoms with Crippen molar-refractivity contribution in [2.45, 2.75) is 52.5 Å². The minimum atomic E-state index is -1.13. The van der Waals surface area contributed by atoms with Crippen molar-refractivity contribution in [1.82, 2.24) is 4.90 Å². The predicted molar refractivity (Wildman–Crippen MR) is 91.0 cm³/mol. The Bertz CT molecular complexity index is 598. The van der Waals surface area contributed by atoms with Crippen LogP contribution in [0, 0.1) is 11.8 Å². The molecule has 1 amide bonds. The van der Waals surface area contributed by atoms with Gasteiger partial charge in [-0.1, -0.05) is 44.9 Å². The van der Waals surface area contributed by atoms with E-state index in [0.29, 0.717) is 6.42 Å². The summed E-state index contributed by atoms with van der Waals surface area (Å²) in [6.07, 6.45) is 3.28. The normalized spacial score (nSPS) is 16.0. The molecule has 1 aromatic carbocycles. The van der Waals surface area contributed by atoms with Gasteiger partial charge < -0.3 is 10.0 Å². The molecule has 0 saturated carbocycles. The lowest BCUT2D eigenvalue weighted by molar-refractivity contribution is -0.132. The molecule has 0 spiro atoms. The molecule has 2 rings (SSSR count). The summed E-state index contributed by atoms with van der Waals surface area (Å²) in [5.74, 6) is 3.91. The van der Waals surface area contributed by atoms with Crippen LogP contribution in [0.4, 0.5) is 0 Å². The summed E-state index contributed by atoms with van der Waals surface area (Å²) in [4.78, 5) is 24.5. The minimum Gasteiger partial charge on any atom is -0.472 e. The van der Waals surface area contributed by atoms with Crippen LogP contribution in [-0.4, -0.2) is 34.5 Å². The average molecular weight is 315 g/mol. The third-order valence-corrected chi connectivity index (χ3v) is 3.78. The second kappa shape index (κ2) is 9.68. The number of nitrogens with zero attached hydrogens (tertiary/aromatic N) is 1. The smallest absolute Gasteiger partial charge is 0.382 e. The summed E-state index contributed by atoms with van der Waals surface area (Å²) in [6, 6.07) is 7.75. The molecule has 1 aliphatic rings. The molecule has 4 heteroatoms. The molecule has 124 valence electrons. The maximum absolute atomic E-state index is 11.9. The highest BCUT2D eigenvalue weighted by molar-refractivity contribution is 5.87. The fourth-order valence-electron chi connectivity index (χ4n) is 2.77. The third-order valence-electron chi connectivity index (χ3n) is 3.78. The van der Waals surface area contributed by atoms with E-state index in [9.17, 15) is 9.59 Å². The summed E-state index contributed by atoms with van der Waals surface area (Å²) >= 11 is 0. The largest absolute Gasteiger partial charge is 0.472 e. The van der Waals surface area contributed by atoms with Gasteiger partial charge in [0.2, 0.25) is 5.91 Å². The summed E-state index contributed by atoms with van der Waals surface area (Å²) in [7, 11) is 0. The molecule has 0 aliphatic carbocycles. The van der Waals surface area contributed by atoms with Gasteiger partial charge in [-0.25, -0.2) is 4.79 Å². The van der Waals surface area contributed by atoms with Gasteiger partial charge in [0.25, 0.3) is 0 Å². The summed E-state index contributed by atoms with van der Waals surface area (Å²) in [5.41, 5.74) is 1.74. The molecule has 4 nitrogen and oxygen atoms in total. The van der Waals surface area contributed by atoms with Gasteiger partial charge in [-0.2, -0.15) is 0 Å². The van der Waals surface area contributed by atoms with E-state index in [0.717, 1.165) is 36.9 Å². The molecule has 0 bridgehead atoms. The molecule has 23 heavy (non-hydrogen) atoms. The van der Waals surface area contributed by atoms with Gasteiger partial charge >= 0.3 is 5.97 Å². The number of amides is 1. The number of hydrogen-bond acceptors (Lipinski definition) is 2. The van der Waals surface area contributed by atoms with E-state index in [4.69, 9.17) is 5.11 Å². The van der Waals surface area contributed by atoms with E-state index in [1.807, 2.05) is 49.9 Å². The highest BCUT2D eigenvalue weighted by atomic mass is 16.4. The first kappa shape index (κ1) is 18.8.